The molecule has 0 aromatic rings. The molecule has 0 radical (unpaired) electrons. The Morgan fingerprint density at radius 3 is 2.73 bits per heavy atom. The van der Waals surface area contributed by atoms with Gasteiger partial charge in [-0.05, 0) is 31.1 Å². The average molecular weight is 212 g/mol. The van der Waals surface area contributed by atoms with E-state index in [-0.39, 0.29) is 0 Å². The summed E-state index contributed by atoms with van der Waals surface area (Å²) in [5, 5.41) is 10.7. The average Bonchev–Trinajstić information content (AvgIpc) is 2.30. The molecule has 1 heterocycles. The first-order valence-corrected chi connectivity index (χ1v) is 6.56. The van der Waals surface area contributed by atoms with E-state index < -0.39 is 5.60 Å². The number of hydrogen-bond acceptors (Lipinski definition) is 2. The fraction of sp³-hybridized carbons (Fsp3) is 1.00. The van der Waals surface area contributed by atoms with Crippen molar-refractivity contribution in [2.75, 3.05) is 13.2 Å². The summed E-state index contributed by atoms with van der Waals surface area (Å²) in [6.45, 7) is 3.68. The Labute approximate surface area is 93.0 Å². The van der Waals surface area contributed by atoms with Crippen LogP contribution in [0.1, 0.15) is 51.9 Å². The van der Waals surface area contributed by atoms with Crippen molar-refractivity contribution in [1.29, 1.82) is 0 Å². The highest BCUT2D eigenvalue weighted by molar-refractivity contribution is 4.93. The molecule has 0 aromatic heterocycles. The van der Waals surface area contributed by atoms with Crippen LogP contribution < -0.4 is 0 Å². The Hall–Kier alpha value is -0.0800. The molecule has 1 N–H and O–H groups in total. The topological polar surface area (TPSA) is 29.5 Å². The summed E-state index contributed by atoms with van der Waals surface area (Å²) in [6.07, 6.45) is 8.36. The van der Waals surface area contributed by atoms with E-state index in [4.69, 9.17) is 4.74 Å². The molecule has 2 nitrogen and oxygen atoms in total. The van der Waals surface area contributed by atoms with Crippen LogP contribution in [0.15, 0.2) is 0 Å². The summed E-state index contributed by atoms with van der Waals surface area (Å²) in [6, 6.07) is 0. The van der Waals surface area contributed by atoms with E-state index in [1.54, 1.807) is 0 Å². The maximum absolute atomic E-state index is 10.7. The van der Waals surface area contributed by atoms with E-state index in [0.717, 1.165) is 25.4 Å². The summed E-state index contributed by atoms with van der Waals surface area (Å²) >= 11 is 0. The summed E-state index contributed by atoms with van der Waals surface area (Å²) in [4.78, 5) is 0. The Kier molecular flexibility index (Phi) is 3.68. The minimum absolute atomic E-state index is 0.497. The highest BCUT2D eigenvalue weighted by Crippen LogP contribution is 2.42. The molecular weight excluding hydrogens is 188 g/mol. The molecule has 3 unspecified atom stereocenters. The number of hydrogen-bond donors (Lipinski definition) is 1. The first-order chi connectivity index (χ1) is 7.26. The fourth-order valence-electron chi connectivity index (χ4n) is 3.50. The molecule has 3 atom stereocenters. The molecule has 2 rings (SSSR count). The fourth-order valence-corrected chi connectivity index (χ4v) is 3.50. The molecule has 2 aliphatic rings. The second-order valence-electron chi connectivity index (χ2n) is 5.32. The van der Waals surface area contributed by atoms with Crippen LogP contribution >= 0.6 is 0 Å². The van der Waals surface area contributed by atoms with E-state index in [1.807, 2.05) is 0 Å². The second kappa shape index (κ2) is 4.84. The number of rotatable bonds is 2. The SMILES string of the molecule is CCC1CCCCC1C1(O)CCCOC1. The molecule has 1 aliphatic heterocycles. The maximum atomic E-state index is 10.7. The van der Waals surface area contributed by atoms with Crippen molar-refractivity contribution in [1.82, 2.24) is 0 Å². The van der Waals surface area contributed by atoms with Crippen molar-refractivity contribution >= 4 is 0 Å². The van der Waals surface area contributed by atoms with Crippen LogP contribution in [-0.4, -0.2) is 23.9 Å². The maximum Gasteiger partial charge on any atom is 0.0911 e. The molecule has 1 saturated carbocycles. The van der Waals surface area contributed by atoms with Crippen LogP contribution in [0.4, 0.5) is 0 Å². The van der Waals surface area contributed by atoms with Gasteiger partial charge in [-0.25, -0.2) is 0 Å². The lowest BCUT2D eigenvalue weighted by Gasteiger charge is -2.44. The molecule has 0 aromatic carbocycles. The lowest BCUT2D eigenvalue weighted by Crippen LogP contribution is -2.49. The van der Waals surface area contributed by atoms with Crippen molar-refractivity contribution in [3.05, 3.63) is 0 Å². The standard InChI is InChI=1S/C13H24O2/c1-2-11-6-3-4-7-12(11)13(14)8-5-9-15-10-13/h11-12,14H,2-10H2,1H3. The molecule has 88 valence electrons. The molecule has 2 fully saturated rings. The van der Waals surface area contributed by atoms with Crippen LogP contribution in [0, 0.1) is 11.8 Å². The first-order valence-electron chi connectivity index (χ1n) is 6.56. The molecular formula is C13H24O2. The van der Waals surface area contributed by atoms with Crippen LogP contribution in [-0.2, 0) is 4.74 Å². The van der Waals surface area contributed by atoms with Gasteiger partial charge in [0.05, 0.1) is 12.2 Å². The molecule has 15 heavy (non-hydrogen) atoms. The molecule has 0 spiro atoms. The predicted octanol–water partition coefficient (Wildman–Crippen LogP) is 2.74. The van der Waals surface area contributed by atoms with Gasteiger partial charge in [-0.1, -0.05) is 32.6 Å². The third-order valence-electron chi connectivity index (χ3n) is 4.37. The largest absolute Gasteiger partial charge is 0.387 e. The van der Waals surface area contributed by atoms with Crippen LogP contribution in [0.2, 0.25) is 0 Å². The highest BCUT2D eigenvalue weighted by Gasteiger charge is 2.42. The first kappa shape index (κ1) is 11.4. The zero-order chi connectivity index (χ0) is 10.7. The predicted molar refractivity (Wildman–Crippen MR) is 60.7 cm³/mol. The van der Waals surface area contributed by atoms with Crippen molar-refractivity contribution in [2.24, 2.45) is 11.8 Å². The molecule has 0 bridgehead atoms. The number of aliphatic hydroxyl groups is 1. The Morgan fingerprint density at radius 1 is 1.27 bits per heavy atom. The molecule has 2 heteroatoms. The zero-order valence-corrected chi connectivity index (χ0v) is 9.87. The van der Waals surface area contributed by atoms with Crippen LogP contribution in [0.3, 0.4) is 0 Å². The van der Waals surface area contributed by atoms with Gasteiger partial charge in [0.25, 0.3) is 0 Å². The normalized spacial score (nSPS) is 42.8. The quantitative estimate of drug-likeness (QED) is 0.762. The summed E-state index contributed by atoms with van der Waals surface area (Å²) in [7, 11) is 0. The van der Waals surface area contributed by atoms with E-state index in [1.165, 1.54) is 32.1 Å². The van der Waals surface area contributed by atoms with Crippen LogP contribution in [0.25, 0.3) is 0 Å². The van der Waals surface area contributed by atoms with Crippen molar-refractivity contribution in [3.8, 4) is 0 Å². The number of ether oxygens (including phenoxy) is 1. The van der Waals surface area contributed by atoms with E-state index in [9.17, 15) is 5.11 Å². The second-order valence-corrected chi connectivity index (χ2v) is 5.32. The van der Waals surface area contributed by atoms with Crippen LogP contribution in [0.5, 0.6) is 0 Å². The minimum Gasteiger partial charge on any atom is -0.387 e. The van der Waals surface area contributed by atoms with Gasteiger partial charge in [0, 0.05) is 6.61 Å². The lowest BCUT2D eigenvalue weighted by molar-refractivity contribution is -0.140. The van der Waals surface area contributed by atoms with Crippen molar-refractivity contribution in [2.45, 2.75) is 57.5 Å². The zero-order valence-electron chi connectivity index (χ0n) is 9.87. The van der Waals surface area contributed by atoms with Gasteiger partial charge in [-0.2, -0.15) is 0 Å². The van der Waals surface area contributed by atoms with Crippen molar-refractivity contribution < 1.29 is 9.84 Å². The highest BCUT2D eigenvalue weighted by atomic mass is 16.5. The van der Waals surface area contributed by atoms with Gasteiger partial charge >= 0.3 is 0 Å². The third-order valence-corrected chi connectivity index (χ3v) is 4.37. The van der Waals surface area contributed by atoms with Gasteiger partial charge in [0.15, 0.2) is 0 Å². The minimum atomic E-state index is -0.501. The Balaban J connectivity index is 2.04. The smallest absolute Gasteiger partial charge is 0.0911 e. The molecule has 0 amide bonds. The summed E-state index contributed by atoms with van der Waals surface area (Å²) in [5.74, 6) is 1.22. The van der Waals surface area contributed by atoms with E-state index in [2.05, 4.69) is 6.92 Å². The van der Waals surface area contributed by atoms with E-state index in [0.29, 0.717) is 12.5 Å². The monoisotopic (exact) mass is 212 g/mol. The van der Waals surface area contributed by atoms with E-state index >= 15 is 0 Å². The molecule has 1 aliphatic carbocycles. The summed E-state index contributed by atoms with van der Waals surface area (Å²) in [5.41, 5.74) is -0.501. The molecule has 1 saturated heterocycles. The summed E-state index contributed by atoms with van der Waals surface area (Å²) < 4.78 is 5.48. The van der Waals surface area contributed by atoms with Crippen molar-refractivity contribution in [3.63, 3.8) is 0 Å². The van der Waals surface area contributed by atoms with Gasteiger partial charge in [-0.3, -0.25) is 0 Å². The van der Waals surface area contributed by atoms with Gasteiger partial charge in [0.2, 0.25) is 0 Å². The van der Waals surface area contributed by atoms with Gasteiger partial charge < -0.3 is 9.84 Å². The Morgan fingerprint density at radius 2 is 2.07 bits per heavy atom. The third kappa shape index (κ3) is 2.36. The van der Waals surface area contributed by atoms with Gasteiger partial charge in [0.1, 0.15) is 0 Å². The van der Waals surface area contributed by atoms with Gasteiger partial charge in [-0.15, -0.1) is 0 Å². The lowest BCUT2D eigenvalue weighted by atomic mass is 9.67. The Bertz CT molecular complexity index is 197.